The molecular weight excluding hydrogens is 410 g/mol. The van der Waals surface area contributed by atoms with Crippen LogP contribution in [0.25, 0.3) is 15.9 Å². The summed E-state index contributed by atoms with van der Waals surface area (Å²) in [6, 6.07) is 8.09. The van der Waals surface area contributed by atoms with E-state index in [1.54, 1.807) is 22.5 Å². The number of fused-ring (bicyclic) bond motifs is 2. The van der Waals surface area contributed by atoms with Gasteiger partial charge in [-0.2, -0.15) is 5.10 Å². The fourth-order valence-corrected chi connectivity index (χ4v) is 4.69. The number of thiazole rings is 1. The molecule has 1 aromatic carbocycles. The molecule has 1 fully saturated rings. The van der Waals surface area contributed by atoms with E-state index in [0.717, 1.165) is 10.2 Å². The van der Waals surface area contributed by atoms with Gasteiger partial charge in [-0.05, 0) is 30.7 Å². The predicted molar refractivity (Wildman–Crippen MR) is 109 cm³/mol. The van der Waals surface area contributed by atoms with Crippen LogP contribution in [0.3, 0.4) is 0 Å². The maximum absolute atomic E-state index is 13.4. The first-order valence-corrected chi connectivity index (χ1v) is 10.4. The van der Waals surface area contributed by atoms with E-state index >= 15 is 0 Å². The third-order valence-corrected chi connectivity index (χ3v) is 6.33. The summed E-state index contributed by atoms with van der Waals surface area (Å²) in [5.74, 6) is -0.445. The molecule has 0 saturated carbocycles. The number of hydrogen-bond donors (Lipinski definition) is 1. The summed E-state index contributed by atoms with van der Waals surface area (Å²) in [4.78, 5) is 23.1. The van der Waals surface area contributed by atoms with Crippen LogP contribution >= 0.6 is 11.3 Å². The van der Waals surface area contributed by atoms with Crippen LogP contribution in [0.4, 0.5) is 8.78 Å². The van der Waals surface area contributed by atoms with Crippen molar-refractivity contribution in [1.29, 1.82) is 0 Å². The second kappa shape index (κ2) is 7.37. The van der Waals surface area contributed by atoms with Crippen molar-refractivity contribution in [2.45, 2.75) is 24.8 Å². The smallest absolute Gasteiger partial charge is 0.280 e. The molecule has 0 spiro atoms. The van der Waals surface area contributed by atoms with Gasteiger partial charge in [0.05, 0.1) is 27.6 Å². The van der Waals surface area contributed by atoms with Gasteiger partial charge in [-0.15, -0.1) is 11.3 Å². The topological polar surface area (TPSA) is 89.4 Å². The van der Waals surface area contributed by atoms with E-state index in [-0.39, 0.29) is 23.6 Å². The minimum Gasteiger partial charge on any atom is -0.338 e. The van der Waals surface area contributed by atoms with Gasteiger partial charge in [-0.1, -0.05) is 0 Å². The molecule has 2 atom stereocenters. The van der Waals surface area contributed by atoms with Gasteiger partial charge in [0.1, 0.15) is 5.69 Å². The standard InChI is InChI=1S/C20H18F2N6OS/c21-19(22)15-8-16(28-18(26-15)3-5-25-28)12-9-27(6-4-13(12)23)20(29)11-1-2-14-17(7-11)30-10-24-14/h1-3,5,7-8,10,12-13,19H,4,6,9,23H2/t12-,13?/m1/s1. The number of rotatable bonds is 3. The molecule has 4 aromatic rings. The molecule has 3 aromatic heterocycles. The number of nitrogens with two attached hydrogens (primary N) is 1. The normalized spacial score (nSPS) is 19.8. The lowest BCUT2D eigenvalue weighted by Crippen LogP contribution is -2.48. The number of carbonyl (C=O) groups excluding carboxylic acids is 1. The Morgan fingerprint density at radius 1 is 1.27 bits per heavy atom. The minimum atomic E-state index is -2.70. The lowest BCUT2D eigenvalue weighted by Gasteiger charge is -2.37. The summed E-state index contributed by atoms with van der Waals surface area (Å²) in [6.45, 7) is 0.828. The number of hydrogen-bond acceptors (Lipinski definition) is 6. The van der Waals surface area contributed by atoms with Crippen molar-refractivity contribution in [2.75, 3.05) is 13.1 Å². The van der Waals surface area contributed by atoms with E-state index < -0.39 is 6.43 Å². The zero-order valence-electron chi connectivity index (χ0n) is 15.8. The van der Waals surface area contributed by atoms with Crippen LogP contribution in [0.5, 0.6) is 0 Å². The monoisotopic (exact) mass is 428 g/mol. The lowest BCUT2D eigenvalue weighted by molar-refractivity contribution is 0.0691. The SMILES string of the molecule is NC1CCN(C(=O)c2ccc3ncsc3c2)C[C@H]1c1cc(C(F)F)nc2ccnn12. The predicted octanol–water partition coefficient (Wildman–Crippen LogP) is 3.23. The Hall–Kier alpha value is -2.98. The molecule has 1 saturated heterocycles. The highest BCUT2D eigenvalue weighted by atomic mass is 32.1. The van der Waals surface area contributed by atoms with Gasteiger partial charge in [0.25, 0.3) is 12.3 Å². The summed E-state index contributed by atoms with van der Waals surface area (Å²) in [5.41, 5.74) is 10.1. The molecule has 7 nitrogen and oxygen atoms in total. The first-order chi connectivity index (χ1) is 14.5. The highest BCUT2D eigenvalue weighted by molar-refractivity contribution is 7.16. The average Bonchev–Trinajstić information content (AvgIpc) is 3.41. The fourth-order valence-electron chi connectivity index (χ4n) is 3.97. The Kier molecular flexibility index (Phi) is 4.67. The molecule has 10 heteroatoms. The molecule has 154 valence electrons. The molecule has 0 aliphatic carbocycles. The zero-order valence-corrected chi connectivity index (χ0v) is 16.6. The summed E-state index contributed by atoms with van der Waals surface area (Å²) in [5, 5.41) is 4.23. The Balaban J connectivity index is 1.48. The number of amides is 1. The van der Waals surface area contributed by atoms with Crippen LogP contribution < -0.4 is 5.73 Å². The molecule has 30 heavy (non-hydrogen) atoms. The van der Waals surface area contributed by atoms with Gasteiger partial charge >= 0.3 is 0 Å². The van der Waals surface area contributed by atoms with Crippen LogP contribution in [0, 0.1) is 0 Å². The minimum absolute atomic E-state index is 0.109. The largest absolute Gasteiger partial charge is 0.338 e. The number of piperidine rings is 1. The zero-order chi connectivity index (χ0) is 20.8. The van der Waals surface area contributed by atoms with E-state index in [1.165, 1.54) is 28.1 Å². The van der Waals surface area contributed by atoms with Crippen molar-refractivity contribution in [1.82, 2.24) is 24.5 Å². The molecule has 1 aliphatic heterocycles. The summed E-state index contributed by atoms with van der Waals surface area (Å²) in [7, 11) is 0. The van der Waals surface area contributed by atoms with Crippen molar-refractivity contribution >= 4 is 33.1 Å². The second-order valence-corrected chi connectivity index (χ2v) is 8.24. The Morgan fingerprint density at radius 2 is 2.13 bits per heavy atom. The third-order valence-electron chi connectivity index (χ3n) is 5.54. The van der Waals surface area contributed by atoms with Crippen molar-refractivity contribution in [2.24, 2.45) is 5.73 Å². The molecule has 0 bridgehead atoms. The Bertz CT molecular complexity index is 1240. The quantitative estimate of drug-likeness (QED) is 0.541. The second-order valence-electron chi connectivity index (χ2n) is 7.35. The number of aromatic nitrogens is 4. The van der Waals surface area contributed by atoms with Crippen LogP contribution in [-0.4, -0.2) is 49.5 Å². The highest BCUT2D eigenvalue weighted by Gasteiger charge is 2.33. The summed E-state index contributed by atoms with van der Waals surface area (Å²) < 4.78 is 29.2. The summed E-state index contributed by atoms with van der Waals surface area (Å²) in [6.07, 6.45) is -0.621. The van der Waals surface area contributed by atoms with Crippen molar-refractivity contribution in [3.8, 4) is 0 Å². The van der Waals surface area contributed by atoms with E-state index in [1.807, 2.05) is 12.1 Å². The van der Waals surface area contributed by atoms with Gasteiger partial charge in [0.15, 0.2) is 5.65 Å². The molecular formula is C20H18F2N6OS. The number of halogens is 2. The molecule has 4 heterocycles. The van der Waals surface area contributed by atoms with Crippen molar-refractivity contribution < 1.29 is 13.6 Å². The van der Waals surface area contributed by atoms with Gasteiger partial charge in [0, 0.05) is 36.7 Å². The van der Waals surface area contributed by atoms with E-state index in [4.69, 9.17) is 5.73 Å². The number of nitrogens with zero attached hydrogens (tertiary/aromatic N) is 5. The first-order valence-electron chi connectivity index (χ1n) is 9.52. The molecule has 1 unspecified atom stereocenters. The number of benzene rings is 1. The summed E-state index contributed by atoms with van der Waals surface area (Å²) >= 11 is 1.48. The van der Waals surface area contributed by atoms with Gasteiger partial charge < -0.3 is 10.6 Å². The lowest BCUT2D eigenvalue weighted by atomic mass is 9.89. The van der Waals surface area contributed by atoms with Crippen LogP contribution in [0.2, 0.25) is 0 Å². The van der Waals surface area contributed by atoms with Crippen molar-refractivity contribution in [3.05, 3.63) is 59.0 Å². The number of likely N-dealkylation sites (tertiary alicyclic amines) is 1. The maximum Gasteiger partial charge on any atom is 0.280 e. The third kappa shape index (κ3) is 3.21. The van der Waals surface area contributed by atoms with Crippen LogP contribution in [0.15, 0.2) is 42.0 Å². The molecule has 1 aliphatic rings. The van der Waals surface area contributed by atoms with Gasteiger partial charge in [-0.3, -0.25) is 4.79 Å². The molecule has 5 rings (SSSR count). The highest BCUT2D eigenvalue weighted by Crippen LogP contribution is 2.30. The molecule has 1 amide bonds. The number of alkyl halides is 2. The maximum atomic E-state index is 13.4. The fraction of sp³-hybridized carbons (Fsp3) is 0.300. The molecule has 2 N–H and O–H groups in total. The van der Waals surface area contributed by atoms with Crippen LogP contribution in [0.1, 0.15) is 40.5 Å². The van der Waals surface area contributed by atoms with Crippen LogP contribution in [-0.2, 0) is 0 Å². The van der Waals surface area contributed by atoms with Crippen molar-refractivity contribution in [3.63, 3.8) is 0 Å². The van der Waals surface area contributed by atoms with E-state index in [2.05, 4.69) is 15.1 Å². The van der Waals surface area contributed by atoms with E-state index in [9.17, 15) is 13.6 Å². The molecule has 0 radical (unpaired) electrons. The van der Waals surface area contributed by atoms with E-state index in [0.29, 0.717) is 36.4 Å². The Labute approximate surface area is 174 Å². The van der Waals surface area contributed by atoms with Gasteiger partial charge in [-0.25, -0.2) is 23.3 Å². The average molecular weight is 428 g/mol. The Morgan fingerprint density at radius 3 is 2.97 bits per heavy atom. The van der Waals surface area contributed by atoms with Gasteiger partial charge in [0.2, 0.25) is 0 Å². The first kappa shape index (κ1) is 19.0. The number of carbonyl (C=O) groups is 1.